The topological polar surface area (TPSA) is 27.1 Å². The number of halogens is 2. The minimum atomic E-state index is 0.311. The van der Waals surface area contributed by atoms with Crippen LogP contribution in [-0.2, 0) is 11.2 Å². The number of aryl methyl sites for hydroxylation is 1. The number of fused-ring (bicyclic) bond motifs is 1. The number of rotatable bonds is 3. The second-order valence-electron chi connectivity index (χ2n) is 5.33. The molecule has 1 fully saturated rings. The van der Waals surface area contributed by atoms with E-state index in [4.69, 9.17) is 21.3 Å². The molecule has 0 spiro atoms. The molecular weight excluding hydrogens is 340 g/mol. The molecule has 0 bridgehead atoms. The van der Waals surface area contributed by atoms with E-state index in [0.29, 0.717) is 18.0 Å². The molecule has 3 rings (SSSR count). The molecule has 0 amide bonds. The van der Waals surface area contributed by atoms with E-state index in [1.54, 1.807) is 0 Å². The lowest BCUT2D eigenvalue weighted by molar-refractivity contribution is 0.00625. The fourth-order valence-corrected chi connectivity index (χ4v) is 3.52. The lowest BCUT2D eigenvalue weighted by atomic mass is 10.0. The van der Waals surface area contributed by atoms with Gasteiger partial charge >= 0.3 is 0 Å². The zero-order chi connectivity index (χ0) is 14.1. The van der Waals surface area contributed by atoms with Crippen LogP contribution < -0.4 is 0 Å². The maximum absolute atomic E-state index is 5.95. The number of alkyl halides is 1. The molecule has 1 aromatic carbocycles. The van der Waals surface area contributed by atoms with E-state index in [9.17, 15) is 0 Å². The number of benzene rings is 1. The van der Waals surface area contributed by atoms with Gasteiger partial charge in [0.05, 0.1) is 17.1 Å². The Morgan fingerprint density at radius 3 is 3.10 bits per heavy atom. The van der Waals surface area contributed by atoms with Crippen LogP contribution in [0, 0.1) is 0 Å². The minimum Gasteiger partial charge on any atom is -0.378 e. The Kier molecular flexibility index (Phi) is 4.34. The average Bonchev–Trinajstić information content (AvgIpc) is 2.76. The Bertz CT molecular complexity index is 613. The molecule has 1 aliphatic rings. The van der Waals surface area contributed by atoms with Crippen LogP contribution in [0.25, 0.3) is 11.0 Å². The Balaban J connectivity index is 2.08. The van der Waals surface area contributed by atoms with Crippen molar-refractivity contribution in [2.24, 2.45) is 0 Å². The lowest BCUT2D eigenvalue weighted by Gasteiger charge is -2.29. The van der Waals surface area contributed by atoms with Crippen molar-refractivity contribution in [1.29, 1.82) is 0 Å². The first-order valence-electron chi connectivity index (χ1n) is 7.03. The van der Waals surface area contributed by atoms with Crippen molar-refractivity contribution in [1.82, 2.24) is 9.55 Å². The van der Waals surface area contributed by atoms with Crippen molar-refractivity contribution in [3.8, 4) is 0 Å². The third kappa shape index (κ3) is 2.74. The van der Waals surface area contributed by atoms with Crippen LogP contribution in [0.4, 0.5) is 0 Å². The van der Waals surface area contributed by atoms with Gasteiger partial charge in [-0.15, -0.1) is 11.6 Å². The molecule has 0 saturated carbocycles. The lowest BCUT2D eigenvalue weighted by Crippen LogP contribution is -2.26. The highest BCUT2D eigenvalue weighted by atomic mass is 79.9. The van der Waals surface area contributed by atoms with Crippen LogP contribution in [-0.4, -0.2) is 28.1 Å². The second-order valence-corrected chi connectivity index (χ2v) is 6.62. The fraction of sp³-hybridized carbons (Fsp3) is 0.533. The van der Waals surface area contributed by atoms with E-state index >= 15 is 0 Å². The van der Waals surface area contributed by atoms with E-state index in [0.717, 1.165) is 41.7 Å². The van der Waals surface area contributed by atoms with E-state index in [2.05, 4.69) is 45.6 Å². The molecule has 1 aromatic heterocycles. The van der Waals surface area contributed by atoms with Gasteiger partial charge in [-0.3, -0.25) is 0 Å². The minimum absolute atomic E-state index is 0.311. The Morgan fingerprint density at radius 2 is 2.35 bits per heavy atom. The van der Waals surface area contributed by atoms with E-state index < -0.39 is 0 Å². The molecule has 0 radical (unpaired) electrons. The zero-order valence-electron chi connectivity index (χ0n) is 11.5. The molecule has 0 aliphatic carbocycles. The van der Waals surface area contributed by atoms with Crippen molar-refractivity contribution in [3.63, 3.8) is 0 Å². The van der Waals surface area contributed by atoms with Gasteiger partial charge in [0.2, 0.25) is 0 Å². The summed E-state index contributed by atoms with van der Waals surface area (Å²) in [6, 6.07) is 6.76. The third-order valence-corrected chi connectivity index (χ3v) is 4.55. The van der Waals surface area contributed by atoms with Gasteiger partial charge in [-0.05, 0) is 38.0 Å². The van der Waals surface area contributed by atoms with Crippen LogP contribution in [0.2, 0.25) is 0 Å². The molecule has 2 unspecified atom stereocenters. The molecule has 3 nitrogen and oxygen atoms in total. The van der Waals surface area contributed by atoms with Crippen molar-refractivity contribution in [2.45, 2.75) is 38.3 Å². The van der Waals surface area contributed by atoms with Gasteiger partial charge in [0.25, 0.3) is 0 Å². The van der Waals surface area contributed by atoms with Gasteiger partial charge in [0, 0.05) is 29.4 Å². The van der Waals surface area contributed by atoms with Crippen molar-refractivity contribution >= 4 is 38.6 Å². The average molecular weight is 358 g/mol. The standard InChI is InChI=1S/C15H18BrClN2O/c1-10-8-12(5-7-20-10)19-14-3-2-11(16)9-13(14)18-15(19)4-6-17/h2-3,9-10,12H,4-8H2,1H3. The van der Waals surface area contributed by atoms with Gasteiger partial charge < -0.3 is 9.30 Å². The summed E-state index contributed by atoms with van der Waals surface area (Å²) in [5, 5.41) is 0. The van der Waals surface area contributed by atoms with Crippen molar-refractivity contribution < 1.29 is 4.74 Å². The molecule has 5 heteroatoms. The molecule has 1 saturated heterocycles. The molecule has 2 heterocycles. The molecule has 2 aromatic rings. The predicted molar refractivity (Wildman–Crippen MR) is 85.5 cm³/mol. The zero-order valence-corrected chi connectivity index (χ0v) is 13.8. The van der Waals surface area contributed by atoms with Gasteiger partial charge in [0.15, 0.2) is 0 Å². The number of imidazole rings is 1. The summed E-state index contributed by atoms with van der Waals surface area (Å²) in [4.78, 5) is 4.77. The largest absolute Gasteiger partial charge is 0.378 e. The predicted octanol–water partition coefficient (Wildman–Crippen LogP) is 4.32. The fourth-order valence-electron chi connectivity index (χ4n) is 3.00. The van der Waals surface area contributed by atoms with Crippen molar-refractivity contribution in [3.05, 3.63) is 28.5 Å². The Labute approximate surface area is 132 Å². The SMILES string of the molecule is CC1CC(n2c(CCCl)nc3cc(Br)ccc32)CCO1. The Morgan fingerprint density at radius 1 is 1.50 bits per heavy atom. The highest BCUT2D eigenvalue weighted by molar-refractivity contribution is 9.10. The number of hydrogen-bond acceptors (Lipinski definition) is 2. The van der Waals surface area contributed by atoms with Gasteiger partial charge in [0.1, 0.15) is 5.82 Å². The summed E-state index contributed by atoms with van der Waals surface area (Å²) >= 11 is 9.46. The molecule has 20 heavy (non-hydrogen) atoms. The first-order chi connectivity index (χ1) is 9.69. The summed E-state index contributed by atoms with van der Waals surface area (Å²) < 4.78 is 9.11. The van der Waals surface area contributed by atoms with Crippen LogP contribution in [0.3, 0.4) is 0 Å². The van der Waals surface area contributed by atoms with Crippen molar-refractivity contribution in [2.75, 3.05) is 12.5 Å². The van der Waals surface area contributed by atoms with Gasteiger partial charge in [-0.1, -0.05) is 15.9 Å². The van der Waals surface area contributed by atoms with Crippen LogP contribution in [0.1, 0.15) is 31.6 Å². The molecule has 0 N–H and O–H groups in total. The van der Waals surface area contributed by atoms with Crippen LogP contribution in [0.5, 0.6) is 0 Å². The maximum atomic E-state index is 5.95. The molecule has 108 valence electrons. The second kappa shape index (κ2) is 6.04. The summed E-state index contributed by atoms with van der Waals surface area (Å²) in [5.41, 5.74) is 2.24. The molecular formula is C15H18BrClN2O. The number of nitrogens with zero attached hydrogens (tertiary/aromatic N) is 2. The van der Waals surface area contributed by atoms with Crippen LogP contribution in [0.15, 0.2) is 22.7 Å². The Hall–Kier alpha value is -0.580. The normalized spacial score (nSPS) is 23.4. The highest BCUT2D eigenvalue weighted by Gasteiger charge is 2.24. The molecule has 1 aliphatic heterocycles. The first-order valence-corrected chi connectivity index (χ1v) is 8.35. The maximum Gasteiger partial charge on any atom is 0.111 e. The molecule has 2 atom stereocenters. The van der Waals surface area contributed by atoms with Gasteiger partial charge in [-0.25, -0.2) is 4.98 Å². The monoisotopic (exact) mass is 356 g/mol. The number of hydrogen-bond donors (Lipinski definition) is 0. The quantitative estimate of drug-likeness (QED) is 0.765. The van der Waals surface area contributed by atoms with Crippen LogP contribution >= 0.6 is 27.5 Å². The highest BCUT2D eigenvalue weighted by Crippen LogP contribution is 2.31. The van der Waals surface area contributed by atoms with E-state index in [-0.39, 0.29) is 0 Å². The third-order valence-electron chi connectivity index (χ3n) is 3.87. The number of aromatic nitrogens is 2. The summed E-state index contributed by atoms with van der Waals surface area (Å²) in [5.74, 6) is 1.69. The first kappa shape index (κ1) is 14.4. The summed E-state index contributed by atoms with van der Waals surface area (Å²) in [6.07, 6.45) is 3.20. The summed E-state index contributed by atoms with van der Waals surface area (Å²) in [6.45, 7) is 2.96. The van der Waals surface area contributed by atoms with Gasteiger partial charge in [-0.2, -0.15) is 0 Å². The number of ether oxygens (including phenoxy) is 1. The van der Waals surface area contributed by atoms with E-state index in [1.807, 2.05) is 0 Å². The smallest absolute Gasteiger partial charge is 0.111 e. The summed E-state index contributed by atoms with van der Waals surface area (Å²) in [7, 11) is 0. The van der Waals surface area contributed by atoms with E-state index in [1.165, 1.54) is 5.52 Å².